The Morgan fingerprint density at radius 2 is 2.18 bits per heavy atom. The largest absolute Gasteiger partial charge is 0.466 e. The topological polar surface area (TPSA) is 35.5 Å². The van der Waals surface area contributed by atoms with E-state index in [9.17, 15) is 4.79 Å². The Labute approximate surface area is 66.7 Å². The fourth-order valence-electron chi connectivity index (χ4n) is 1.21. The van der Waals surface area contributed by atoms with Crippen molar-refractivity contribution in [3.8, 4) is 0 Å². The van der Waals surface area contributed by atoms with Gasteiger partial charge in [0.2, 0.25) is 0 Å². The molecule has 0 N–H and O–H groups in total. The van der Waals surface area contributed by atoms with Crippen LogP contribution in [0.2, 0.25) is 0 Å². The second-order valence-corrected chi connectivity index (χ2v) is 2.78. The molecule has 1 saturated carbocycles. The lowest BCUT2D eigenvalue weighted by Gasteiger charge is -2.31. The molecule has 0 radical (unpaired) electrons. The third-order valence-corrected chi connectivity index (χ3v) is 2.05. The number of rotatable bonds is 3. The number of carbonyl (C=O) groups is 1. The van der Waals surface area contributed by atoms with E-state index in [1.54, 1.807) is 7.11 Å². The number of hydrogen-bond acceptors (Lipinski definition) is 3. The minimum Gasteiger partial charge on any atom is -0.466 e. The summed E-state index contributed by atoms with van der Waals surface area (Å²) in [5, 5.41) is 0. The normalized spacial score (nSPS) is 29.3. The third-order valence-electron chi connectivity index (χ3n) is 2.05. The Kier molecular flexibility index (Phi) is 2.88. The zero-order valence-electron chi connectivity index (χ0n) is 7.00. The van der Waals surface area contributed by atoms with Crippen molar-refractivity contribution in [3.63, 3.8) is 0 Å². The maximum Gasteiger partial charge on any atom is 0.309 e. The van der Waals surface area contributed by atoms with Crippen LogP contribution in [-0.2, 0) is 14.3 Å². The van der Waals surface area contributed by atoms with Gasteiger partial charge in [-0.05, 0) is 19.8 Å². The van der Waals surface area contributed by atoms with Gasteiger partial charge in [0.15, 0.2) is 0 Å². The average Bonchev–Trinajstić information content (AvgIpc) is 1.86. The molecule has 0 heterocycles. The zero-order valence-corrected chi connectivity index (χ0v) is 7.00. The van der Waals surface area contributed by atoms with Crippen LogP contribution in [0.15, 0.2) is 0 Å². The maximum atomic E-state index is 11.0. The molecule has 3 nitrogen and oxygen atoms in total. The van der Waals surface area contributed by atoms with Gasteiger partial charge in [-0.3, -0.25) is 4.79 Å². The predicted octanol–water partition coefficient (Wildman–Crippen LogP) is 0.975. The van der Waals surface area contributed by atoms with Gasteiger partial charge in [0.25, 0.3) is 0 Å². The first-order chi connectivity index (χ1) is 5.27. The minimum atomic E-state index is -0.0687. The Balaban J connectivity index is 2.16. The van der Waals surface area contributed by atoms with Crippen molar-refractivity contribution in [1.29, 1.82) is 0 Å². The minimum absolute atomic E-state index is 0.0687. The summed E-state index contributed by atoms with van der Waals surface area (Å²) < 4.78 is 9.88. The van der Waals surface area contributed by atoms with Gasteiger partial charge in [-0.15, -0.1) is 0 Å². The van der Waals surface area contributed by atoms with Crippen LogP contribution in [0.4, 0.5) is 0 Å². The molecule has 3 heteroatoms. The molecule has 0 atom stereocenters. The van der Waals surface area contributed by atoms with E-state index in [1.807, 2.05) is 6.92 Å². The van der Waals surface area contributed by atoms with E-state index in [1.165, 1.54) is 0 Å². The second-order valence-electron chi connectivity index (χ2n) is 2.78. The first kappa shape index (κ1) is 8.53. The quantitative estimate of drug-likeness (QED) is 0.574. The van der Waals surface area contributed by atoms with E-state index in [0.717, 1.165) is 12.8 Å². The molecule has 0 aliphatic heterocycles. The highest BCUT2D eigenvalue weighted by atomic mass is 16.5. The average molecular weight is 158 g/mol. The molecule has 1 aliphatic rings. The summed E-state index contributed by atoms with van der Waals surface area (Å²) in [6.07, 6.45) is 1.94. The lowest BCUT2D eigenvalue weighted by molar-refractivity contribution is -0.156. The molecule has 11 heavy (non-hydrogen) atoms. The number of esters is 1. The summed E-state index contributed by atoms with van der Waals surface area (Å²) in [6, 6.07) is 0. The summed E-state index contributed by atoms with van der Waals surface area (Å²) in [5.74, 6) is 0.0284. The van der Waals surface area contributed by atoms with Gasteiger partial charge < -0.3 is 9.47 Å². The van der Waals surface area contributed by atoms with Crippen LogP contribution in [0.25, 0.3) is 0 Å². The first-order valence-electron chi connectivity index (χ1n) is 3.97. The van der Waals surface area contributed by atoms with Crippen LogP contribution in [0.5, 0.6) is 0 Å². The number of ether oxygens (including phenoxy) is 2. The summed E-state index contributed by atoms with van der Waals surface area (Å²) in [7, 11) is 1.67. The number of carbonyl (C=O) groups excluding carboxylic acids is 1. The molecule has 0 aromatic rings. The smallest absolute Gasteiger partial charge is 0.309 e. The third kappa shape index (κ3) is 1.93. The monoisotopic (exact) mass is 158 g/mol. The molecule has 1 rings (SSSR count). The molecule has 0 unspecified atom stereocenters. The fourth-order valence-corrected chi connectivity index (χ4v) is 1.21. The summed E-state index contributed by atoms with van der Waals surface area (Å²) in [4.78, 5) is 11.0. The number of methoxy groups -OCH3 is 1. The van der Waals surface area contributed by atoms with Crippen molar-refractivity contribution in [2.75, 3.05) is 13.7 Å². The van der Waals surface area contributed by atoms with Crippen LogP contribution in [-0.4, -0.2) is 25.8 Å². The summed E-state index contributed by atoms with van der Waals surface area (Å²) >= 11 is 0. The van der Waals surface area contributed by atoms with Gasteiger partial charge in [0, 0.05) is 7.11 Å². The molecule has 0 spiro atoms. The molecule has 0 saturated heterocycles. The first-order valence-corrected chi connectivity index (χ1v) is 3.97. The second kappa shape index (κ2) is 3.72. The number of hydrogen-bond donors (Lipinski definition) is 0. The standard InChI is InChI=1S/C8H14O3/c1-3-11-8(9)6-4-7(5-6)10-2/h6-7H,3-5H2,1-2H3. The lowest BCUT2D eigenvalue weighted by Crippen LogP contribution is -2.36. The van der Waals surface area contributed by atoms with E-state index in [0.29, 0.717) is 6.61 Å². The van der Waals surface area contributed by atoms with Gasteiger partial charge in [-0.1, -0.05) is 0 Å². The van der Waals surface area contributed by atoms with Gasteiger partial charge in [-0.2, -0.15) is 0 Å². The van der Waals surface area contributed by atoms with Crippen molar-refractivity contribution in [3.05, 3.63) is 0 Å². The molecule has 0 aromatic heterocycles. The SMILES string of the molecule is CCOC(=O)C1CC(OC)C1. The summed E-state index contributed by atoms with van der Waals surface area (Å²) in [6.45, 7) is 2.30. The lowest BCUT2D eigenvalue weighted by atomic mass is 9.82. The zero-order chi connectivity index (χ0) is 8.27. The molecule has 0 bridgehead atoms. The van der Waals surface area contributed by atoms with E-state index in [2.05, 4.69) is 0 Å². The summed E-state index contributed by atoms with van der Waals surface area (Å²) in [5.41, 5.74) is 0. The molecule has 64 valence electrons. The van der Waals surface area contributed by atoms with Crippen molar-refractivity contribution >= 4 is 5.97 Å². The van der Waals surface area contributed by atoms with Crippen molar-refractivity contribution in [1.82, 2.24) is 0 Å². The van der Waals surface area contributed by atoms with Crippen LogP contribution in [0, 0.1) is 5.92 Å². The highest BCUT2D eigenvalue weighted by molar-refractivity contribution is 5.73. The van der Waals surface area contributed by atoms with Crippen LogP contribution in [0.3, 0.4) is 0 Å². The molecular weight excluding hydrogens is 144 g/mol. The Hall–Kier alpha value is -0.570. The van der Waals surface area contributed by atoms with E-state index in [4.69, 9.17) is 9.47 Å². The fraction of sp³-hybridized carbons (Fsp3) is 0.875. The van der Waals surface area contributed by atoms with Gasteiger partial charge in [0.1, 0.15) is 0 Å². The van der Waals surface area contributed by atoms with Crippen molar-refractivity contribution in [2.24, 2.45) is 5.92 Å². The van der Waals surface area contributed by atoms with Gasteiger partial charge >= 0.3 is 5.97 Å². The molecule has 0 amide bonds. The molecule has 1 aliphatic carbocycles. The van der Waals surface area contributed by atoms with E-state index >= 15 is 0 Å². The molecule has 1 fully saturated rings. The Morgan fingerprint density at radius 3 is 2.64 bits per heavy atom. The van der Waals surface area contributed by atoms with Crippen LogP contribution >= 0.6 is 0 Å². The van der Waals surface area contributed by atoms with E-state index in [-0.39, 0.29) is 18.0 Å². The van der Waals surface area contributed by atoms with Crippen molar-refractivity contribution in [2.45, 2.75) is 25.9 Å². The van der Waals surface area contributed by atoms with Crippen LogP contribution in [0.1, 0.15) is 19.8 Å². The Morgan fingerprint density at radius 1 is 1.55 bits per heavy atom. The Bertz CT molecular complexity index is 138. The van der Waals surface area contributed by atoms with E-state index < -0.39 is 0 Å². The highest BCUT2D eigenvalue weighted by Gasteiger charge is 2.35. The van der Waals surface area contributed by atoms with Gasteiger partial charge in [-0.25, -0.2) is 0 Å². The van der Waals surface area contributed by atoms with Crippen LogP contribution < -0.4 is 0 Å². The highest BCUT2D eigenvalue weighted by Crippen LogP contribution is 2.30. The van der Waals surface area contributed by atoms with Crippen molar-refractivity contribution < 1.29 is 14.3 Å². The maximum absolute atomic E-state index is 11.0. The van der Waals surface area contributed by atoms with Gasteiger partial charge in [0.05, 0.1) is 18.6 Å². The molecule has 0 aromatic carbocycles. The molecular formula is C8H14O3. The predicted molar refractivity (Wildman–Crippen MR) is 40.2 cm³/mol.